The summed E-state index contributed by atoms with van der Waals surface area (Å²) in [6, 6.07) is 11.1. The molecular weight excluding hydrogens is 312 g/mol. The van der Waals surface area contributed by atoms with Crippen molar-refractivity contribution in [2.75, 3.05) is 12.4 Å². The van der Waals surface area contributed by atoms with Gasteiger partial charge < -0.3 is 14.8 Å². The lowest BCUT2D eigenvalue weighted by Crippen LogP contribution is -2.30. The number of carbonyl (C=O) groups excluding carboxylic acids is 1. The molecule has 2 aromatic carbocycles. The SMILES string of the molecule is COc1ccc(C)cc1NC(=O)[C@H](C)Oc1cccc([N+](=O)[O-])c1. The van der Waals surface area contributed by atoms with Crippen LogP contribution in [0.3, 0.4) is 0 Å². The average Bonchev–Trinajstić information content (AvgIpc) is 2.55. The molecule has 2 aromatic rings. The summed E-state index contributed by atoms with van der Waals surface area (Å²) in [5.41, 5.74) is 1.41. The Morgan fingerprint density at radius 3 is 2.67 bits per heavy atom. The second-order valence-electron chi connectivity index (χ2n) is 5.21. The monoisotopic (exact) mass is 330 g/mol. The number of hydrogen-bond acceptors (Lipinski definition) is 5. The molecule has 0 unspecified atom stereocenters. The number of anilines is 1. The van der Waals surface area contributed by atoms with E-state index in [9.17, 15) is 14.9 Å². The Morgan fingerprint density at radius 2 is 2.00 bits per heavy atom. The van der Waals surface area contributed by atoms with E-state index >= 15 is 0 Å². The number of aryl methyl sites for hydroxylation is 1. The molecule has 1 N–H and O–H groups in total. The van der Waals surface area contributed by atoms with Gasteiger partial charge >= 0.3 is 0 Å². The van der Waals surface area contributed by atoms with Crippen LogP contribution in [0.1, 0.15) is 12.5 Å². The molecule has 7 nitrogen and oxygen atoms in total. The van der Waals surface area contributed by atoms with E-state index in [0.29, 0.717) is 11.4 Å². The second kappa shape index (κ2) is 7.45. The van der Waals surface area contributed by atoms with Gasteiger partial charge in [-0.25, -0.2) is 0 Å². The van der Waals surface area contributed by atoms with Crippen LogP contribution in [0.15, 0.2) is 42.5 Å². The first kappa shape index (κ1) is 17.3. The Morgan fingerprint density at radius 1 is 1.25 bits per heavy atom. The van der Waals surface area contributed by atoms with Gasteiger partial charge in [-0.15, -0.1) is 0 Å². The highest BCUT2D eigenvalue weighted by molar-refractivity contribution is 5.95. The van der Waals surface area contributed by atoms with Crippen molar-refractivity contribution >= 4 is 17.3 Å². The number of nitro groups is 1. The second-order valence-corrected chi connectivity index (χ2v) is 5.21. The third-order valence-corrected chi connectivity index (χ3v) is 3.32. The van der Waals surface area contributed by atoms with E-state index in [1.165, 1.54) is 25.3 Å². The lowest BCUT2D eigenvalue weighted by atomic mass is 10.2. The third kappa shape index (κ3) is 4.22. The van der Waals surface area contributed by atoms with Crippen LogP contribution < -0.4 is 14.8 Å². The molecule has 0 aliphatic heterocycles. The van der Waals surface area contributed by atoms with Crippen LogP contribution in [0.4, 0.5) is 11.4 Å². The maximum Gasteiger partial charge on any atom is 0.273 e. The van der Waals surface area contributed by atoms with Gasteiger partial charge in [0.05, 0.1) is 23.8 Å². The Kier molecular flexibility index (Phi) is 5.36. The van der Waals surface area contributed by atoms with Crippen LogP contribution in [0.25, 0.3) is 0 Å². The smallest absolute Gasteiger partial charge is 0.273 e. The van der Waals surface area contributed by atoms with Gasteiger partial charge in [-0.3, -0.25) is 14.9 Å². The molecule has 0 spiro atoms. The van der Waals surface area contributed by atoms with Gasteiger partial charge in [0, 0.05) is 6.07 Å². The molecule has 2 rings (SSSR count). The number of non-ortho nitro benzene ring substituents is 1. The van der Waals surface area contributed by atoms with Crippen molar-refractivity contribution in [3.63, 3.8) is 0 Å². The van der Waals surface area contributed by atoms with Crippen LogP contribution in [0.5, 0.6) is 11.5 Å². The quantitative estimate of drug-likeness (QED) is 0.648. The molecule has 1 atom stereocenters. The highest BCUT2D eigenvalue weighted by Gasteiger charge is 2.18. The minimum Gasteiger partial charge on any atom is -0.495 e. The molecule has 0 aliphatic rings. The van der Waals surface area contributed by atoms with E-state index in [2.05, 4.69) is 5.32 Å². The summed E-state index contributed by atoms with van der Waals surface area (Å²) in [5.74, 6) is 0.407. The first-order valence-electron chi connectivity index (χ1n) is 7.27. The van der Waals surface area contributed by atoms with Gasteiger partial charge in [0.2, 0.25) is 0 Å². The summed E-state index contributed by atoms with van der Waals surface area (Å²) < 4.78 is 10.7. The molecule has 0 radical (unpaired) electrons. The van der Waals surface area contributed by atoms with Gasteiger partial charge in [-0.05, 0) is 37.6 Å². The molecule has 0 saturated heterocycles. The van der Waals surface area contributed by atoms with Gasteiger partial charge in [-0.1, -0.05) is 12.1 Å². The number of benzene rings is 2. The zero-order valence-corrected chi connectivity index (χ0v) is 13.6. The van der Waals surface area contributed by atoms with Crippen molar-refractivity contribution in [2.24, 2.45) is 0 Å². The van der Waals surface area contributed by atoms with E-state index in [0.717, 1.165) is 5.56 Å². The molecule has 126 valence electrons. The number of rotatable bonds is 6. The van der Waals surface area contributed by atoms with Crippen molar-refractivity contribution in [1.82, 2.24) is 0 Å². The number of amides is 1. The summed E-state index contributed by atoms with van der Waals surface area (Å²) in [7, 11) is 1.52. The Hall–Kier alpha value is -3.09. The summed E-state index contributed by atoms with van der Waals surface area (Å²) in [4.78, 5) is 22.5. The average molecular weight is 330 g/mol. The van der Waals surface area contributed by atoms with Crippen LogP contribution in [0.2, 0.25) is 0 Å². The number of nitro benzene ring substituents is 1. The number of ether oxygens (including phenoxy) is 2. The zero-order chi connectivity index (χ0) is 17.7. The van der Waals surface area contributed by atoms with Crippen LogP contribution in [0, 0.1) is 17.0 Å². The Labute approximate surface area is 139 Å². The molecule has 0 aromatic heterocycles. The van der Waals surface area contributed by atoms with Crippen LogP contribution in [-0.2, 0) is 4.79 Å². The standard InChI is InChI=1S/C17H18N2O5/c1-11-7-8-16(23-3)15(9-11)18-17(20)12(2)24-14-6-4-5-13(10-14)19(21)22/h4-10,12H,1-3H3,(H,18,20)/t12-/m0/s1. The first-order valence-corrected chi connectivity index (χ1v) is 7.27. The molecule has 0 saturated carbocycles. The summed E-state index contributed by atoms with van der Waals surface area (Å²) in [6.07, 6.45) is -0.836. The third-order valence-electron chi connectivity index (χ3n) is 3.32. The van der Waals surface area contributed by atoms with Crippen molar-refractivity contribution in [1.29, 1.82) is 0 Å². The lowest BCUT2D eigenvalue weighted by Gasteiger charge is -2.16. The summed E-state index contributed by atoms with van der Waals surface area (Å²) in [5, 5.41) is 13.5. The largest absolute Gasteiger partial charge is 0.495 e. The Balaban J connectivity index is 2.09. The van der Waals surface area contributed by atoms with Crippen molar-refractivity contribution < 1.29 is 19.2 Å². The van der Waals surface area contributed by atoms with Crippen LogP contribution >= 0.6 is 0 Å². The fourth-order valence-corrected chi connectivity index (χ4v) is 2.08. The minimum atomic E-state index is -0.836. The van der Waals surface area contributed by atoms with Gasteiger partial charge in [0.15, 0.2) is 6.10 Å². The molecule has 1 amide bonds. The lowest BCUT2D eigenvalue weighted by molar-refractivity contribution is -0.384. The number of methoxy groups -OCH3 is 1. The van der Waals surface area contributed by atoms with E-state index in [1.54, 1.807) is 25.1 Å². The molecule has 24 heavy (non-hydrogen) atoms. The zero-order valence-electron chi connectivity index (χ0n) is 13.6. The van der Waals surface area contributed by atoms with Gasteiger partial charge in [0.25, 0.3) is 11.6 Å². The predicted molar refractivity (Wildman–Crippen MR) is 89.5 cm³/mol. The van der Waals surface area contributed by atoms with Crippen molar-refractivity contribution in [3.8, 4) is 11.5 Å². The maximum absolute atomic E-state index is 12.3. The molecule has 0 fully saturated rings. The van der Waals surface area contributed by atoms with E-state index in [4.69, 9.17) is 9.47 Å². The van der Waals surface area contributed by atoms with E-state index < -0.39 is 11.0 Å². The van der Waals surface area contributed by atoms with Crippen LogP contribution in [-0.4, -0.2) is 24.0 Å². The molecule has 0 aliphatic carbocycles. The first-order chi connectivity index (χ1) is 11.4. The number of carbonyl (C=O) groups is 1. The topological polar surface area (TPSA) is 90.7 Å². The van der Waals surface area contributed by atoms with E-state index in [1.807, 2.05) is 13.0 Å². The summed E-state index contributed by atoms with van der Waals surface area (Å²) >= 11 is 0. The minimum absolute atomic E-state index is 0.0968. The van der Waals surface area contributed by atoms with Gasteiger partial charge in [-0.2, -0.15) is 0 Å². The summed E-state index contributed by atoms with van der Waals surface area (Å²) in [6.45, 7) is 3.47. The number of hydrogen-bond donors (Lipinski definition) is 1. The van der Waals surface area contributed by atoms with Crippen molar-refractivity contribution in [3.05, 3.63) is 58.1 Å². The highest BCUT2D eigenvalue weighted by Crippen LogP contribution is 2.26. The van der Waals surface area contributed by atoms with E-state index in [-0.39, 0.29) is 17.3 Å². The van der Waals surface area contributed by atoms with Crippen molar-refractivity contribution in [2.45, 2.75) is 20.0 Å². The fraction of sp³-hybridized carbons (Fsp3) is 0.235. The molecule has 0 heterocycles. The highest BCUT2D eigenvalue weighted by atomic mass is 16.6. The van der Waals surface area contributed by atoms with Gasteiger partial charge in [0.1, 0.15) is 11.5 Å². The normalized spacial score (nSPS) is 11.5. The fourth-order valence-electron chi connectivity index (χ4n) is 2.08. The molecular formula is C17H18N2O5. The predicted octanol–water partition coefficient (Wildman–Crippen LogP) is 3.32. The molecule has 7 heteroatoms. The number of nitrogens with zero attached hydrogens (tertiary/aromatic N) is 1. The maximum atomic E-state index is 12.3. The molecule has 0 bridgehead atoms. The Bertz CT molecular complexity index is 760. The number of nitrogens with one attached hydrogen (secondary N) is 1.